The van der Waals surface area contributed by atoms with E-state index in [4.69, 9.17) is 21.6 Å². The Labute approximate surface area is 186 Å². The van der Waals surface area contributed by atoms with Gasteiger partial charge in [0.05, 0.1) is 41.0 Å². The monoisotopic (exact) mass is 438 g/mol. The lowest BCUT2D eigenvalue weighted by Gasteiger charge is -2.27. The molecule has 2 aromatic carbocycles. The predicted molar refractivity (Wildman–Crippen MR) is 118 cm³/mol. The summed E-state index contributed by atoms with van der Waals surface area (Å²) in [4.78, 5) is 27.6. The smallest absolute Gasteiger partial charge is 0.257 e. The predicted octanol–water partition coefficient (Wildman–Crippen LogP) is 4.29. The van der Waals surface area contributed by atoms with Crippen LogP contribution in [-0.2, 0) is 4.74 Å². The molecule has 0 bridgehead atoms. The van der Waals surface area contributed by atoms with Crippen LogP contribution in [0.3, 0.4) is 0 Å². The van der Waals surface area contributed by atoms with Crippen molar-refractivity contribution in [1.29, 1.82) is 5.26 Å². The number of ether oxygens (including phenoxy) is 1. The molecular formula is C24H23ClN2O4. The summed E-state index contributed by atoms with van der Waals surface area (Å²) in [6, 6.07) is 8.50. The first-order valence-electron chi connectivity index (χ1n) is 9.87. The van der Waals surface area contributed by atoms with Crippen molar-refractivity contribution in [3.63, 3.8) is 0 Å². The molecule has 7 heteroatoms. The normalized spacial score (nSPS) is 14.3. The molecule has 6 nitrogen and oxygen atoms in total. The SMILES string of the molecule is C/C(=C\c1c(C)cc(C#N)cc1C)C(=O)c1c(Cl)ccc(C(=O)N2CCOCC2)c1O. The first kappa shape index (κ1) is 22.5. The van der Waals surface area contributed by atoms with Gasteiger partial charge in [0.15, 0.2) is 5.78 Å². The summed E-state index contributed by atoms with van der Waals surface area (Å²) >= 11 is 6.25. The molecule has 1 saturated heterocycles. The first-order valence-corrected chi connectivity index (χ1v) is 10.2. The molecule has 0 unspecified atom stereocenters. The highest BCUT2D eigenvalue weighted by Gasteiger charge is 2.26. The molecule has 1 heterocycles. The largest absolute Gasteiger partial charge is 0.506 e. The zero-order valence-electron chi connectivity index (χ0n) is 17.7. The van der Waals surface area contributed by atoms with E-state index >= 15 is 0 Å². The van der Waals surface area contributed by atoms with Crippen LogP contribution >= 0.6 is 11.6 Å². The molecule has 31 heavy (non-hydrogen) atoms. The number of Topliss-reactive ketones (excluding diaryl/α,β-unsaturated/α-hetero) is 1. The number of aryl methyl sites for hydroxylation is 2. The quantitative estimate of drug-likeness (QED) is 0.568. The average molecular weight is 439 g/mol. The molecule has 1 aliphatic heterocycles. The summed E-state index contributed by atoms with van der Waals surface area (Å²) in [6.07, 6.45) is 1.71. The third-order valence-electron chi connectivity index (χ3n) is 5.32. The molecule has 1 amide bonds. The number of rotatable bonds is 4. The molecule has 1 N–H and O–H groups in total. The Morgan fingerprint density at radius 3 is 2.39 bits per heavy atom. The van der Waals surface area contributed by atoms with Gasteiger partial charge in [0.1, 0.15) is 5.75 Å². The number of phenolic OH excluding ortho intramolecular Hbond substituents is 1. The van der Waals surface area contributed by atoms with Gasteiger partial charge >= 0.3 is 0 Å². The Bertz CT molecular complexity index is 1100. The first-order chi connectivity index (χ1) is 14.7. The van der Waals surface area contributed by atoms with Crippen molar-refractivity contribution in [2.75, 3.05) is 26.3 Å². The van der Waals surface area contributed by atoms with E-state index in [1.165, 1.54) is 12.1 Å². The molecule has 0 aliphatic carbocycles. The van der Waals surface area contributed by atoms with Gasteiger partial charge in [-0.05, 0) is 73.4 Å². The minimum atomic E-state index is -0.470. The molecule has 0 saturated carbocycles. The van der Waals surface area contributed by atoms with Crippen LogP contribution in [0.2, 0.25) is 5.02 Å². The number of phenols is 1. The Morgan fingerprint density at radius 2 is 1.81 bits per heavy atom. The van der Waals surface area contributed by atoms with Crippen LogP contribution in [-0.4, -0.2) is 48.0 Å². The third-order valence-corrected chi connectivity index (χ3v) is 5.64. The molecule has 1 fully saturated rings. The van der Waals surface area contributed by atoms with Gasteiger partial charge in [0, 0.05) is 13.1 Å². The van der Waals surface area contributed by atoms with Crippen LogP contribution in [0.4, 0.5) is 0 Å². The van der Waals surface area contributed by atoms with E-state index in [9.17, 15) is 14.7 Å². The number of nitriles is 1. The van der Waals surface area contributed by atoms with Crippen LogP contribution in [0.1, 0.15) is 49.9 Å². The molecule has 0 atom stereocenters. The van der Waals surface area contributed by atoms with Crippen LogP contribution in [0.5, 0.6) is 5.75 Å². The van der Waals surface area contributed by atoms with Crippen LogP contribution < -0.4 is 0 Å². The van der Waals surface area contributed by atoms with Crippen molar-refractivity contribution >= 4 is 29.4 Å². The zero-order valence-corrected chi connectivity index (χ0v) is 18.4. The number of carbonyl (C=O) groups excluding carboxylic acids is 2. The number of carbonyl (C=O) groups is 2. The Kier molecular flexibility index (Phi) is 6.79. The number of benzene rings is 2. The van der Waals surface area contributed by atoms with Gasteiger partial charge in [-0.25, -0.2) is 0 Å². The Morgan fingerprint density at radius 1 is 1.19 bits per heavy atom. The van der Waals surface area contributed by atoms with Crippen molar-refractivity contribution in [1.82, 2.24) is 4.90 Å². The number of allylic oxidation sites excluding steroid dienone is 1. The second-order valence-electron chi connectivity index (χ2n) is 7.52. The number of hydrogen-bond donors (Lipinski definition) is 1. The lowest BCUT2D eigenvalue weighted by molar-refractivity contribution is 0.0301. The fourth-order valence-corrected chi connectivity index (χ4v) is 3.88. The van der Waals surface area contributed by atoms with E-state index in [1.807, 2.05) is 13.8 Å². The molecule has 0 spiro atoms. The zero-order chi connectivity index (χ0) is 22.7. The van der Waals surface area contributed by atoms with Crippen LogP contribution in [0.15, 0.2) is 29.8 Å². The second-order valence-corrected chi connectivity index (χ2v) is 7.92. The lowest BCUT2D eigenvalue weighted by Crippen LogP contribution is -2.40. The molecular weight excluding hydrogens is 416 g/mol. The minimum Gasteiger partial charge on any atom is -0.506 e. The Hall–Kier alpha value is -3.14. The highest BCUT2D eigenvalue weighted by atomic mass is 35.5. The summed E-state index contributed by atoms with van der Waals surface area (Å²) < 4.78 is 5.26. The second kappa shape index (κ2) is 9.34. The fourth-order valence-electron chi connectivity index (χ4n) is 3.64. The molecule has 0 aromatic heterocycles. The summed E-state index contributed by atoms with van der Waals surface area (Å²) in [6.45, 7) is 7.05. The summed E-state index contributed by atoms with van der Waals surface area (Å²) in [5, 5.41) is 20.0. The van der Waals surface area contributed by atoms with Crippen LogP contribution in [0.25, 0.3) is 6.08 Å². The van der Waals surface area contributed by atoms with Gasteiger partial charge in [-0.1, -0.05) is 11.6 Å². The molecule has 3 rings (SSSR count). The van der Waals surface area contributed by atoms with E-state index in [2.05, 4.69) is 6.07 Å². The Balaban J connectivity index is 1.99. The van der Waals surface area contributed by atoms with E-state index < -0.39 is 11.5 Å². The summed E-state index contributed by atoms with van der Waals surface area (Å²) in [7, 11) is 0. The molecule has 160 valence electrons. The number of nitrogens with zero attached hydrogens (tertiary/aromatic N) is 2. The van der Waals surface area contributed by atoms with Gasteiger partial charge in [-0.15, -0.1) is 0 Å². The average Bonchev–Trinajstić information content (AvgIpc) is 2.76. The third kappa shape index (κ3) is 4.63. The highest BCUT2D eigenvalue weighted by Crippen LogP contribution is 2.33. The van der Waals surface area contributed by atoms with Gasteiger partial charge in [-0.2, -0.15) is 5.26 Å². The number of hydrogen-bond acceptors (Lipinski definition) is 5. The fraction of sp³-hybridized carbons (Fsp3) is 0.292. The van der Waals surface area contributed by atoms with Gasteiger partial charge < -0.3 is 14.7 Å². The molecule has 0 radical (unpaired) electrons. The van der Waals surface area contributed by atoms with E-state index in [0.29, 0.717) is 37.4 Å². The van der Waals surface area contributed by atoms with Gasteiger partial charge in [0.25, 0.3) is 5.91 Å². The lowest BCUT2D eigenvalue weighted by atomic mass is 9.94. The van der Waals surface area contributed by atoms with Crippen molar-refractivity contribution in [2.45, 2.75) is 20.8 Å². The number of halogens is 1. The van der Waals surface area contributed by atoms with Gasteiger partial charge in [-0.3, -0.25) is 9.59 Å². The maximum absolute atomic E-state index is 13.2. The maximum Gasteiger partial charge on any atom is 0.257 e. The van der Waals surface area contributed by atoms with E-state index in [0.717, 1.165) is 16.7 Å². The number of aromatic hydroxyl groups is 1. The van der Waals surface area contributed by atoms with E-state index in [-0.39, 0.29) is 22.1 Å². The minimum absolute atomic E-state index is 0.0354. The standard InChI is InChI=1S/C24H23ClN2O4/c1-14-10-17(13-26)11-15(2)19(14)12-16(3)22(28)21-20(25)5-4-18(23(21)29)24(30)27-6-8-31-9-7-27/h4-5,10-12,29H,6-9H2,1-3H3/b16-12+. The summed E-state index contributed by atoms with van der Waals surface area (Å²) in [5.41, 5.74) is 3.37. The number of amides is 1. The van der Waals surface area contributed by atoms with Crippen molar-refractivity contribution in [2.24, 2.45) is 0 Å². The van der Waals surface area contributed by atoms with Gasteiger partial charge in [0.2, 0.25) is 0 Å². The topological polar surface area (TPSA) is 90.6 Å². The summed E-state index contributed by atoms with van der Waals surface area (Å²) in [5.74, 6) is -1.26. The van der Waals surface area contributed by atoms with Crippen molar-refractivity contribution in [3.05, 3.63) is 68.2 Å². The van der Waals surface area contributed by atoms with E-state index in [1.54, 1.807) is 30.0 Å². The number of morpholine rings is 1. The highest BCUT2D eigenvalue weighted by molar-refractivity contribution is 6.36. The number of ketones is 1. The van der Waals surface area contributed by atoms with Crippen molar-refractivity contribution < 1.29 is 19.4 Å². The molecule has 2 aromatic rings. The van der Waals surface area contributed by atoms with Crippen molar-refractivity contribution in [3.8, 4) is 11.8 Å². The molecule has 1 aliphatic rings. The maximum atomic E-state index is 13.2. The van der Waals surface area contributed by atoms with Crippen LogP contribution in [0, 0.1) is 25.2 Å².